The zero-order chi connectivity index (χ0) is 41.7. The number of aromatic nitrogens is 8. The van der Waals surface area contributed by atoms with Gasteiger partial charge in [0, 0.05) is 54.8 Å². The van der Waals surface area contributed by atoms with Gasteiger partial charge in [-0.1, -0.05) is 75.9 Å². The van der Waals surface area contributed by atoms with Crippen LogP contribution in [0.15, 0.2) is 71.2 Å². The summed E-state index contributed by atoms with van der Waals surface area (Å²) in [6.45, 7) is 12.8. The maximum Gasteiger partial charge on any atom is 0.252 e. The lowest BCUT2D eigenvalue weighted by molar-refractivity contribution is 0.305. The van der Waals surface area contributed by atoms with E-state index in [0.717, 1.165) is 77.7 Å². The van der Waals surface area contributed by atoms with Gasteiger partial charge in [0.1, 0.15) is 5.69 Å². The maximum atomic E-state index is 13.4. The Morgan fingerprint density at radius 1 is 0.729 bits per heavy atom. The van der Waals surface area contributed by atoms with Gasteiger partial charge in [-0.25, -0.2) is 13.4 Å². The molecule has 2 aliphatic rings. The number of sulfone groups is 1. The van der Waals surface area contributed by atoms with Gasteiger partial charge in [0.25, 0.3) is 5.16 Å². The summed E-state index contributed by atoms with van der Waals surface area (Å²) >= 11 is 1.56. The molecule has 15 nitrogen and oxygen atoms in total. The quantitative estimate of drug-likeness (QED) is 0.0695. The van der Waals surface area contributed by atoms with Crippen molar-refractivity contribution in [1.29, 1.82) is 0 Å². The Hall–Kier alpha value is -4.84. The molecule has 0 unspecified atom stereocenters. The van der Waals surface area contributed by atoms with E-state index < -0.39 is 9.84 Å². The van der Waals surface area contributed by atoms with Crippen LogP contribution in [-0.2, 0) is 22.9 Å². The van der Waals surface area contributed by atoms with Crippen molar-refractivity contribution in [1.82, 2.24) is 43.8 Å². The Kier molecular flexibility index (Phi) is 13.0. The molecule has 0 saturated carbocycles. The van der Waals surface area contributed by atoms with Crippen LogP contribution in [0.3, 0.4) is 0 Å². The van der Waals surface area contributed by atoms with Crippen LogP contribution >= 0.6 is 11.8 Å². The van der Waals surface area contributed by atoms with Crippen molar-refractivity contribution in [3.05, 3.63) is 88.4 Å². The first-order valence-corrected chi connectivity index (χ1v) is 23.7. The number of rotatable bonds is 12. The van der Waals surface area contributed by atoms with E-state index in [1.165, 1.54) is 35.0 Å². The van der Waals surface area contributed by atoms with Gasteiger partial charge in [0.15, 0.2) is 16.5 Å². The van der Waals surface area contributed by atoms with Crippen molar-refractivity contribution >= 4 is 56.2 Å². The molecule has 8 rings (SSSR count). The molecule has 0 bridgehead atoms. The van der Waals surface area contributed by atoms with Crippen LogP contribution in [0.2, 0.25) is 0 Å². The lowest BCUT2D eigenvalue weighted by Gasteiger charge is -2.45. The molecule has 6 heterocycles. The molecule has 2 saturated heterocycles. The van der Waals surface area contributed by atoms with Crippen molar-refractivity contribution in [2.45, 2.75) is 101 Å². The molecule has 4 aromatic heterocycles. The Bertz CT molecular complexity index is 2490. The Morgan fingerprint density at radius 3 is 1.88 bits per heavy atom. The van der Waals surface area contributed by atoms with Gasteiger partial charge in [-0.05, 0) is 74.3 Å². The number of anilines is 3. The number of hydrogen-bond donors (Lipinski definition) is 2. The van der Waals surface area contributed by atoms with Gasteiger partial charge in [0.05, 0.1) is 25.5 Å². The van der Waals surface area contributed by atoms with E-state index in [4.69, 9.17) is 0 Å². The summed E-state index contributed by atoms with van der Waals surface area (Å²) in [6.07, 6.45) is 13.5. The third kappa shape index (κ3) is 9.48. The minimum atomic E-state index is -3.61. The molecule has 0 radical (unpaired) electrons. The predicted octanol–water partition coefficient (Wildman–Crippen LogP) is 7.82. The number of fused-ring (bicyclic) bond motifs is 2. The van der Waals surface area contributed by atoms with Crippen LogP contribution in [0.4, 0.5) is 23.3 Å². The molecule has 0 spiro atoms. The molecule has 2 aliphatic heterocycles. The minimum absolute atomic E-state index is 0.123. The summed E-state index contributed by atoms with van der Waals surface area (Å²) < 4.78 is 27.4. The number of thioether (sulfide) groups is 1. The normalized spacial score (nSPS) is 15.8. The van der Waals surface area contributed by atoms with Crippen molar-refractivity contribution in [2.75, 3.05) is 54.2 Å². The fourth-order valence-electron chi connectivity index (χ4n) is 7.82. The van der Waals surface area contributed by atoms with Crippen LogP contribution in [0.1, 0.15) is 100 Å². The average Bonchev–Trinajstić information content (AvgIpc) is 3.88. The number of piperidine rings is 2. The number of nitrogens with zero attached hydrogens (tertiary/aromatic N) is 10. The topological polar surface area (TPSA) is 171 Å². The van der Waals surface area contributed by atoms with Crippen LogP contribution in [0, 0.1) is 5.21 Å². The van der Waals surface area contributed by atoms with E-state index in [0.29, 0.717) is 37.7 Å². The van der Waals surface area contributed by atoms with Gasteiger partial charge >= 0.3 is 0 Å². The van der Waals surface area contributed by atoms with Crippen LogP contribution in [0.5, 0.6) is 0 Å². The van der Waals surface area contributed by atoms with Crippen molar-refractivity contribution < 1.29 is 8.42 Å². The molecule has 2 N–H and O–H groups in total. The molecule has 0 atom stereocenters. The third-order valence-corrected chi connectivity index (χ3v) is 12.4. The molecule has 2 aromatic carbocycles. The monoisotopic (exact) mass is 840 g/mol. The predicted molar refractivity (Wildman–Crippen MR) is 237 cm³/mol. The highest BCUT2D eigenvalue weighted by molar-refractivity contribution is 7.98. The summed E-state index contributed by atoms with van der Waals surface area (Å²) in [5, 5.41) is 29.6. The Morgan fingerprint density at radius 2 is 1.27 bits per heavy atom. The highest BCUT2D eigenvalue weighted by atomic mass is 32.2. The van der Waals surface area contributed by atoms with Gasteiger partial charge < -0.3 is 25.4 Å². The fourth-order valence-corrected chi connectivity index (χ4v) is 8.68. The summed E-state index contributed by atoms with van der Waals surface area (Å²) in [6, 6.07) is 16.3. The zero-order valence-electron chi connectivity index (χ0n) is 34.9. The standard InChI is InChI=1S/C21H28N6O3S.C21H28N6S/c1-15(2)17-14-23-26-19(17)24-21(31(3,29)30)25-20(26)22-13-16-9-5-6-10-18(16)27(28)11-7-4-8-12-27;1-15(2)17-14-23-27-19(17)24-21(28-3)25-20(27)22-13-16-9-5-6-10-18(16)26-11-7-4-8-12-26/h5-6,9-10,14-15H,4,7-8,11-13H2,1-3H3,(H,22,24,25);5-6,9-10,14-15H,4,7-8,11-13H2,1-3H3,(H,22,24,25). The minimum Gasteiger partial charge on any atom is -0.627 e. The van der Waals surface area contributed by atoms with Crippen LogP contribution in [-0.4, -0.2) is 86.3 Å². The second kappa shape index (κ2) is 18.2. The van der Waals surface area contributed by atoms with Gasteiger partial charge in [-0.3, -0.25) is 0 Å². The van der Waals surface area contributed by atoms with Gasteiger partial charge in [-0.15, -0.1) is 0 Å². The third-order valence-electron chi connectivity index (χ3n) is 11.0. The summed E-state index contributed by atoms with van der Waals surface area (Å²) in [5.74, 6) is 1.52. The SMILES string of the molecule is CC(C)c1cnn2c(NCc3ccccc3[N+]3([O-])CCCCC3)nc(S(C)(=O)=O)nc12.CSc1nc(NCc2ccccc2N2CCCCC2)n2ncc(C(C)C)c2n1. The van der Waals surface area contributed by atoms with E-state index in [1.807, 2.05) is 55.1 Å². The molecule has 59 heavy (non-hydrogen) atoms. The maximum absolute atomic E-state index is 13.4. The molecular weight excluding hydrogens is 785 g/mol. The van der Waals surface area contributed by atoms with E-state index >= 15 is 0 Å². The smallest absolute Gasteiger partial charge is 0.252 e. The molecule has 17 heteroatoms. The first-order valence-electron chi connectivity index (χ1n) is 20.6. The van der Waals surface area contributed by atoms with E-state index in [9.17, 15) is 13.6 Å². The van der Waals surface area contributed by atoms with Crippen molar-refractivity contribution in [2.24, 2.45) is 0 Å². The van der Waals surface area contributed by atoms with Crippen LogP contribution < -0.4 is 20.2 Å². The fraction of sp³-hybridized carbons (Fsp3) is 0.476. The number of hydrogen-bond acceptors (Lipinski definition) is 13. The number of benzene rings is 2. The van der Waals surface area contributed by atoms with Crippen molar-refractivity contribution in [3.63, 3.8) is 0 Å². The lowest BCUT2D eigenvalue weighted by Crippen LogP contribution is -2.47. The Labute approximate surface area is 351 Å². The number of para-hydroxylation sites is 2. The van der Waals surface area contributed by atoms with E-state index in [1.54, 1.807) is 18.0 Å². The summed E-state index contributed by atoms with van der Waals surface area (Å²) in [4.78, 5) is 20.4. The number of nitrogens with one attached hydrogen (secondary N) is 2. The summed E-state index contributed by atoms with van der Waals surface area (Å²) in [7, 11) is -3.61. The second-order valence-corrected chi connectivity index (χ2v) is 18.7. The van der Waals surface area contributed by atoms with Gasteiger partial charge in [0.2, 0.25) is 21.7 Å². The van der Waals surface area contributed by atoms with E-state index in [2.05, 4.69) is 83.8 Å². The first-order chi connectivity index (χ1) is 28.4. The summed E-state index contributed by atoms with van der Waals surface area (Å²) in [5.41, 5.74) is 7.56. The molecule has 6 aromatic rings. The van der Waals surface area contributed by atoms with Crippen LogP contribution in [0.25, 0.3) is 11.3 Å². The average molecular weight is 841 g/mol. The largest absolute Gasteiger partial charge is 0.627 e. The number of hydroxylamine groups is 2. The molecule has 2 fully saturated rings. The first kappa shape index (κ1) is 42.3. The van der Waals surface area contributed by atoms with Gasteiger partial charge in [-0.2, -0.15) is 34.2 Å². The van der Waals surface area contributed by atoms with Crippen molar-refractivity contribution in [3.8, 4) is 0 Å². The number of quaternary nitrogens is 1. The zero-order valence-corrected chi connectivity index (χ0v) is 36.6. The lowest BCUT2D eigenvalue weighted by atomic mass is 10.1. The Balaban J connectivity index is 0.000000180. The molecule has 0 amide bonds. The highest BCUT2D eigenvalue weighted by Gasteiger charge is 2.27. The highest BCUT2D eigenvalue weighted by Crippen LogP contribution is 2.32. The molecule has 314 valence electrons. The van der Waals surface area contributed by atoms with E-state index in [-0.39, 0.29) is 21.7 Å². The molecular formula is C42H56N12O3S2. The second-order valence-electron chi connectivity index (χ2n) is 16.0. The molecule has 0 aliphatic carbocycles.